The Morgan fingerprint density at radius 1 is 1.67 bits per heavy atom. The lowest BCUT2D eigenvalue weighted by molar-refractivity contribution is 0.256. The van der Waals surface area contributed by atoms with E-state index >= 15 is 0 Å². The molecule has 1 rings (SSSR count). The molecule has 1 saturated heterocycles. The van der Waals surface area contributed by atoms with Crippen molar-refractivity contribution in [2.24, 2.45) is 0 Å². The SMILES string of the molecule is C[Si]1(C)OCC(CCl)O1. The molecule has 9 heavy (non-hydrogen) atoms. The first kappa shape index (κ1) is 7.53. The van der Waals surface area contributed by atoms with Crippen LogP contribution in [0.25, 0.3) is 0 Å². The van der Waals surface area contributed by atoms with Crippen LogP contribution in [0.4, 0.5) is 0 Å². The molecule has 1 heterocycles. The molecular formula is C5H11ClO2Si. The smallest absolute Gasteiger partial charge is 0.332 e. The largest absolute Gasteiger partial charge is 0.392 e. The van der Waals surface area contributed by atoms with Gasteiger partial charge >= 0.3 is 8.56 Å². The topological polar surface area (TPSA) is 18.5 Å². The second-order valence-corrected chi connectivity index (χ2v) is 6.24. The lowest BCUT2D eigenvalue weighted by Crippen LogP contribution is -2.28. The van der Waals surface area contributed by atoms with Gasteiger partial charge < -0.3 is 8.85 Å². The monoisotopic (exact) mass is 166 g/mol. The van der Waals surface area contributed by atoms with E-state index < -0.39 is 8.56 Å². The van der Waals surface area contributed by atoms with Gasteiger partial charge in [-0.3, -0.25) is 0 Å². The highest BCUT2D eigenvalue weighted by Crippen LogP contribution is 2.18. The first-order valence-corrected chi connectivity index (χ1v) is 6.37. The second-order valence-electron chi connectivity index (χ2n) is 2.60. The molecule has 0 spiro atoms. The zero-order valence-corrected chi connectivity index (χ0v) is 7.44. The lowest BCUT2D eigenvalue weighted by atomic mass is 10.5. The Balaban J connectivity index is 2.38. The number of hydrogen-bond donors (Lipinski definition) is 0. The molecule has 0 saturated carbocycles. The van der Waals surface area contributed by atoms with E-state index in [9.17, 15) is 0 Å². The summed E-state index contributed by atoms with van der Waals surface area (Å²) in [5, 5.41) is 0. The van der Waals surface area contributed by atoms with E-state index in [-0.39, 0.29) is 6.10 Å². The van der Waals surface area contributed by atoms with Crippen molar-refractivity contribution in [2.75, 3.05) is 12.5 Å². The molecule has 0 radical (unpaired) electrons. The molecule has 0 N–H and O–H groups in total. The van der Waals surface area contributed by atoms with Gasteiger partial charge in [0.1, 0.15) is 0 Å². The lowest BCUT2D eigenvalue weighted by Gasteiger charge is -2.11. The zero-order valence-electron chi connectivity index (χ0n) is 5.69. The minimum absolute atomic E-state index is 0.147. The highest BCUT2D eigenvalue weighted by atomic mass is 35.5. The summed E-state index contributed by atoms with van der Waals surface area (Å²) in [4.78, 5) is 0. The normalized spacial score (nSPS) is 33.0. The third kappa shape index (κ3) is 1.93. The third-order valence-electron chi connectivity index (χ3n) is 1.24. The van der Waals surface area contributed by atoms with Crippen molar-refractivity contribution in [1.29, 1.82) is 0 Å². The van der Waals surface area contributed by atoms with E-state index in [1.807, 2.05) is 13.1 Å². The van der Waals surface area contributed by atoms with Gasteiger partial charge in [0.25, 0.3) is 0 Å². The Kier molecular flexibility index (Phi) is 2.16. The van der Waals surface area contributed by atoms with Crippen LogP contribution in [-0.2, 0) is 8.85 Å². The number of alkyl halides is 1. The molecule has 0 amide bonds. The van der Waals surface area contributed by atoms with E-state index in [4.69, 9.17) is 20.5 Å². The summed E-state index contributed by atoms with van der Waals surface area (Å²) in [5.41, 5.74) is 0. The summed E-state index contributed by atoms with van der Waals surface area (Å²) < 4.78 is 10.9. The van der Waals surface area contributed by atoms with Crippen LogP contribution in [-0.4, -0.2) is 27.2 Å². The average molecular weight is 167 g/mol. The van der Waals surface area contributed by atoms with Crippen LogP contribution in [0.2, 0.25) is 13.1 Å². The predicted octanol–water partition coefficient (Wildman–Crippen LogP) is 1.34. The fourth-order valence-corrected chi connectivity index (χ4v) is 2.71. The third-order valence-corrected chi connectivity index (χ3v) is 3.35. The molecule has 1 fully saturated rings. The number of halogens is 1. The van der Waals surface area contributed by atoms with Gasteiger partial charge in [-0.15, -0.1) is 11.6 Å². The Morgan fingerprint density at radius 2 is 2.33 bits per heavy atom. The van der Waals surface area contributed by atoms with E-state index in [1.54, 1.807) is 0 Å². The summed E-state index contributed by atoms with van der Waals surface area (Å²) in [7, 11) is -1.71. The molecule has 54 valence electrons. The number of rotatable bonds is 1. The summed E-state index contributed by atoms with van der Waals surface area (Å²) in [6, 6.07) is 0. The fourth-order valence-electron chi connectivity index (χ4n) is 0.839. The van der Waals surface area contributed by atoms with Gasteiger partial charge in [-0.1, -0.05) is 0 Å². The molecule has 0 bridgehead atoms. The standard InChI is InChI=1S/C5H11ClO2Si/c1-9(2)7-4-5(3-6)8-9/h5H,3-4H2,1-2H3. The summed E-state index contributed by atoms with van der Waals surface area (Å²) in [6.07, 6.45) is 0.147. The molecule has 0 aliphatic carbocycles. The molecule has 1 aliphatic heterocycles. The van der Waals surface area contributed by atoms with Crippen molar-refractivity contribution in [1.82, 2.24) is 0 Å². The van der Waals surface area contributed by atoms with Crippen LogP contribution < -0.4 is 0 Å². The van der Waals surface area contributed by atoms with Crippen LogP contribution in [0.15, 0.2) is 0 Å². The second kappa shape index (κ2) is 2.58. The van der Waals surface area contributed by atoms with E-state index in [0.717, 1.165) is 0 Å². The van der Waals surface area contributed by atoms with Gasteiger partial charge in [-0.05, 0) is 13.1 Å². The first-order chi connectivity index (χ1) is 4.14. The van der Waals surface area contributed by atoms with Crippen molar-refractivity contribution < 1.29 is 8.85 Å². The molecular weight excluding hydrogens is 156 g/mol. The minimum atomic E-state index is -1.71. The van der Waals surface area contributed by atoms with E-state index in [0.29, 0.717) is 12.5 Å². The quantitative estimate of drug-likeness (QED) is 0.433. The molecule has 0 aromatic carbocycles. The first-order valence-electron chi connectivity index (χ1n) is 3.02. The molecule has 1 aliphatic rings. The van der Waals surface area contributed by atoms with Gasteiger partial charge in [0.2, 0.25) is 0 Å². The maximum atomic E-state index is 5.55. The average Bonchev–Trinajstić information content (AvgIpc) is 2.10. The molecule has 1 atom stereocenters. The molecule has 1 unspecified atom stereocenters. The van der Waals surface area contributed by atoms with E-state index in [1.165, 1.54) is 0 Å². The maximum absolute atomic E-state index is 5.55. The molecule has 0 aromatic heterocycles. The predicted molar refractivity (Wildman–Crippen MR) is 39.0 cm³/mol. The highest BCUT2D eigenvalue weighted by molar-refractivity contribution is 6.65. The van der Waals surface area contributed by atoms with Crippen molar-refractivity contribution >= 4 is 20.2 Å². The van der Waals surface area contributed by atoms with Gasteiger partial charge in [0.15, 0.2) is 0 Å². The van der Waals surface area contributed by atoms with Crippen LogP contribution in [0.1, 0.15) is 0 Å². The highest BCUT2D eigenvalue weighted by Gasteiger charge is 2.35. The number of hydrogen-bond acceptors (Lipinski definition) is 2. The summed E-state index contributed by atoms with van der Waals surface area (Å²) in [5.74, 6) is 0.552. The zero-order chi connectivity index (χ0) is 6.91. The molecule has 2 nitrogen and oxygen atoms in total. The van der Waals surface area contributed by atoms with Gasteiger partial charge in [0.05, 0.1) is 12.7 Å². The van der Waals surface area contributed by atoms with Crippen LogP contribution >= 0.6 is 11.6 Å². The van der Waals surface area contributed by atoms with Gasteiger partial charge in [0, 0.05) is 5.88 Å². The van der Waals surface area contributed by atoms with E-state index in [2.05, 4.69) is 0 Å². The minimum Gasteiger partial charge on any atom is -0.392 e. The fraction of sp³-hybridized carbons (Fsp3) is 1.00. The van der Waals surface area contributed by atoms with Gasteiger partial charge in [-0.25, -0.2) is 0 Å². The van der Waals surface area contributed by atoms with Crippen molar-refractivity contribution in [3.8, 4) is 0 Å². The summed E-state index contributed by atoms with van der Waals surface area (Å²) in [6.45, 7) is 4.74. The maximum Gasteiger partial charge on any atom is 0.332 e. The van der Waals surface area contributed by atoms with Gasteiger partial charge in [-0.2, -0.15) is 0 Å². The Hall–Kier alpha value is 0.427. The summed E-state index contributed by atoms with van der Waals surface area (Å²) >= 11 is 5.55. The van der Waals surface area contributed by atoms with Crippen molar-refractivity contribution in [3.63, 3.8) is 0 Å². The van der Waals surface area contributed by atoms with Crippen molar-refractivity contribution in [2.45, 2.75) is 19.2 Å². The van der Waals surface area contributed by atoms with Crippen LogP contribution in [0, 0.1) is 0 Å². The Bertz CT molecular complexity index is 107. The molecule has 0 aromatic rings. The Morgan fingerprint density at radius 3 is 2.56 bits per heavy atom. The molecule has 4 heteroatoms. The van der Waals surface area contributed by atoms with Crippen LogP contribution in [0.5, 0.6) is 0 Å². The van der Waals surface area contributed by atoms with Crippen molar-refractivity contribution in [3.05, 3.63) is 0 Å². The Labute approximate surface area is 61.4 Å². The van der Waals surface area contributed by atoms with Crippen LogP contribution in [0.3, 0.4) is 0 Å².